The number of aryl methyl sites for hydroxylation is 3. The first-order valence-electron chi connectivity index (χ1n) is 6.48. The molecule has 0 aliphatic heterocycles. The second-order valence-corrected chi connectivity index (χ2v) is 5.45. The number of pyridine rings is 1. The number of benzene rings is 1. The van der Waals surface area contributed by atoms with Crippen LogP contribution in [-0.4, -0.2) is 17.0 Å². The van der Waals surface area contributed by atoms with Gasteiger partial charge in [-0.1, -0.05) is 24.4 Å². The molecule has 0 radical (unpaired) electrons. The average molecular weight is 285 g/mol. The van der Waals surface area contributed by atoms with Gasteiger partial charge < -0.3 is 10.6 Å². The topological polar surface area (TPSA) is 42.2 Å². The van der Waals surface area contributed by atoms with Crippen molar-refractivity contribution < 1.29 is 0 Å². The van der Waals surface area contributed by atoms with Crippen LogP contribution < -0.4 is 10.6 Å². The van der Waals surface area contributed by atoms with E-state index in [2.05, 4.69) is 35.0 Å². The molecule has 0 saturated heterocycles. The van der Waals surface area contributed by atoms with Gasteiger partial charge >= 0.3 is 0 Å². The highest BCUT2D eigenvalue weighted by atomic mass is 32.1. The molecular formula is C16H19N3S. The van der Waals surface area contributed by atoms with E-state index in [4.69, 9.17) is 18.0 Å². The summed E-state index contributed by atoms with van der Waals surface area (Å²) < 4.78 is 0. The Labute approximate surface area is 125 Å². The zero-order valence-electron chi connectivity index (χ0n) is 12.3. The molecule has 4 heteroatoms. The van der Waals surface area contributed by atoms with Gasteiger partial charge in [-0.05, 0) is 44.5 Å². The van der Waals surface area contributed by atoms with Gasteiger partial charge in [0.25, 0.3) is 0 Å². The number of hydrogen-bond donors (Lipinski definition) is 1. The average Bonchev–Trinajstić information content (AvgIpc) is 2.36. The zero-order valence-corrected chi connectivity index (χ0v) is 13.1. The van der Waals surface area contributed by atoms with Gasteiger partial charge in [0.1, 0.15) is 4.99 Å². The van der Waals surface area contributed by atoms with Crippen molar-refractivity contribution in [2.24, 2.45) is 5.73 Å². The van der Waals surface area contributed by atoms with E-state index < -0.39 is 0 Å². The van der Waals surface area contributed by atoms with E-state index in [9.17, 15) is 0 Å². The first-order valence-corrected chi connectivity index (χ1v) is 6.89. The summed E-state index contributed by atoms with van der Waals surface area (Å²) in [5.41, 5.74) is 11.9. The molecule has 104 valence electrons. The van der Waals surface area contributed by atoms with Gasteiger partial charge in [0.05, 0.1) is 11.3 Å². The maximum absolute atomic E-state index is 5.88. The molecule has 0 spiro atoms. The summed E-state index contributed by atoms with van der Waals surface area (Å²) in [7, 11) is 2.02. The Morgan fingerprint density at radius 1 is 1.20 bits per heavy atom. The van der Waals surface area contributed by atoms with E-state index in [1.54, 1.807) is 0 Å². The van der Waals surface area contributed by atoms with E-state index in [0.29, 0.717) is 4.99 Å². The van der Waals surface area contributed by atoms with Crippen molar-refractivity contribution in [1.82, 2.24) is 4.98 Å². The fourth-order valence-electron chi connectivity index (χ4n) is 2.35. The van der Waals surface area contributed by atoms with Crippen molar-refractivity contribution in [3.63, 3.8) is 0 Å². The van der Waals surface area contributed by atoms with E-state index in [1.165, 1.54) is 5.56 Å². The van der Waals surface area contributed by atoms with Crippen molar-refractivity contribution in [3.8, 4) is 0 Å². The molecule has 2 rings (SSSR count). The molecule has 2 N–H and O–H groups in total. The number of nitrogens with zero attached hydrogens (tertiary/aromatic N) is 2. The lowest BCUT2D eigenvalue weighted by atomic mass is 10.1. The molecule has 0 saturated carbocycles. The lowest BCUT2D eigenvalue weighted by molar-refractivity contribution is 1.08. The summed E-state index contributed by atoms with van der Waals surface area (Å²) in [5.74, 6) is 0. The molecule has 0 fully saturated rings. The second-order valence-electron chi connectivity index (χ2n) is 5.01. The number of hydrogen-bond acceptors (Lipinski definition) is 3. The van der Waals surface area contributed by atoms with Gasteiger partial charge in [0, 0.05) is 24.1 Å². The van der Waals surface area contributed by atoms with Crippen molar-refractivity contribution in [3.05, 3.63) is 52.8 Å². The third-order valence-corrected chi connectivity index (χ3v) is 3.51. The van der Waals surface area contributed by atoms with Crippen LogP contribution in [0.15, 0.2) is 30.3 Å². The van der Waals surface area contributed by atoms with Crippen LogP contribution in [-0.2, 0) is 0 Å². The molecule has 0 unspecified atom stereocenters. The van der Waals surface area contributed by atoms with Gasteiger partial charge in [-0.25, -0.2) is 0 Å². The van der Waals surface area contributed by atoms with Crippen molar-refractivity contribution in [2.45, 2.75) is 20.8 Å². The lowest BCUT2D eigenvalue weighted by Gasteiger charge is -2.24. The molecule has 1 heterocycles. The Morgan fingerprint density at radius 3 is 2.50 bits per heavy atom. The van der Waals surface area contributed by atoms with Crippen LogP contribution in [0.25, 0.3) is 0 Å². The summed E-state index contributed by atoms with van der Waals surface area (Å²) in [6.07, 6.45) is 0. The fourth-order valence-corrected chi connectivity index (χ4v) is 2.61. The van der Waals surface area contributed by atoms with Crippen LogP contribution in [0.5, 0.6) is 0 Å². The fraction of sp³-hybridized carbons (Fsp3) is 0.250. The highest BCUT2D eigenvalue weighted by molar-refractivity contribution is 7.80. The summed E-state index contributed by atoms with van der Waals surface area (Å²) >= 11 is 5.19. The molecule has 0 atom stereocenters. The van der Waals surface area contributed by atoms with Gasteiger partial charge in [0.15, 0.2) is 0 Å². The van der Waals surface area contributed by atoms with Crippen molar-refractivity contribution in [2.75, 3.05) is 11.9 Å². The summed E-state index contributed by atoms with van der Waals surface area (Å²) in [6, 6.07) is 10.3. The Bertz CT molecular complexity index is 665. The van der Waals surface area contributed by atoms with Crippen LogP contribution in [0.4, 0.5) is 11.4 Å². The molecule has 20 heavy (non-hydrogen) atoms. The number of anilines is 2. The predicted molar refractivity (Wildman–Crippen MR) is 88.8 cm³/mol. The molecule has 3 nitrogen and oxygen atoms in total. The molecule has 0 aliphatic carbocycles. The van der Waals surface area contributed by atoms with Crippen LogP contribution in [0.2, 0.25) is 0 Å². The van der Waals surface area contributed by atoms with Crippen LogP contribution >= 0.6 is 12.2 Å². The maximum atomic E-state index is 5.88. The SMILES string of the molecule is Cc1cccc(N(C)c2cc(C)nc(C)c2C(N)=S)c1. The molecule has 0 aliphatic rings. The van der Waals surface area contributed by atoms with Crippen molar-refractivity contribution in [1.29, 1.82) is 0 Å². The summed E-state index contributed by atoms with van der Waals surface area (Å²) in [4.78, 5) is 6.93. The van der Waals surface area contributed by atoms with E-state index >= 15 is 0 Å². The Hall–Kier alpha value is -1.94. The van der Waals surface area contributed by atoms with Gasteiger partial charge in [0.2, 0.25) is 0 Å². The number of thiocarbonyl (C=S) groups is 1. The van der Waals surface area contributed by atoms with Crippen LogP contribution in [0, 0.1) is 20.8 Å². The first-order chi connectivity index (χ1) is 9.40. The van der Waals surface area contributed by atoms with Crippen LogP contribution in [0.1, 0.15) is 22.5 Å². The molecule has 0 bridgehead atoms. The normalized spacial score (nSPS) is 10.4. The standard InChI is InChI=1S/C16H19N3S/c1-10-6-5-7-13(8-10)19(4)14-9-11(2)18-12(3)15(14)16(17)20/h5-9H,1-4H3,(H2,17,20). The molecular weight excluding hydrogens is 266 g/mol. The Morgan fingerprint density at radius 2 is 1.90 bits per heavy atom. The summed E-state index contributed by atoms with van der Waals surface area (Å²) in [5, 5.41) is 0. The van der Waals surface area contributed by atoms with E-state index in [0.717, 1.165) is 28.3 Å². The highest BCUT2D eigenvalue weighted by Crippen LogP contribution is 2.29. The number of aromatic nitrogens is 1. The molecule has 0 amide bonds. The second kappa shape index (κ2) is 5.59. The third-order valence-electron chi connectivity index (χ3n) is 3.30. The van der Waals surface area contributed by atoms with Crippen molar-refractivity contribution >= 4 is 28.6 Å². The minimum absolute atomic E-state index is 0.379. The van der Waals surface area contributed by atoms with Crippen LogP contribution in [0.3, 0.4) is 0 Å². The largest absolute Gasteiger partial charge is 0.389 e. The number of rotatable bonds is 3. The monoisotopic (exact) mass is 285 g/mol. The first kappa shape index (κ1) is 14.5. The zero-order chi connectivity index (χ0) is 14.9. The molecule has 1 aromatic carbocycles. The third kappa shape index (κ3) is 2.80. The maximum Gasteiger partial charge on any atom is 0.107 e. The molecule has 2 aromatic rings. The minimum atomic E-state index is 0.379. The van der Waals surface area contributed by atoms with Gasteiger partial charge in [-0.15, -0.1) is 0 Å². The smallest absolute Gasteiger partial charge is 0.107 e. The quantitative estimate of drug-likeness (QED) is 0.878. The Balaban J connectivity index is 2.59. The van der Waals surface area contributed by atoms with E-state index in [1.807, 2.05) is 33.0 Å². The molecule has 1 aromatic heterocycles. The van der Waals surface area contributed by atoms with Gasteiger partial charge in [-0.3, -0.25) is 4.98 Å². The number of nitrogens with two attached hydrogens (primary N) is 1. The lowest BCUT2D eigenvalue weighted by Crippen LogP contribution is -2.20. The van der Waals surface area contributed by atoms with E-state index in [-0.39, 0.29) is 0 Å². The minimum Gasteiger partial charge on any atom is -0.389 e. The predicted octanol–water partition coefficient (Wildman–Crippen LogP) is 3.41. The van der Waals surface area contributed by atoms with Gasteiger partial charge in [-0.2, -0.15) is 0 Å². The highest BCUT2D eigenvalue weighted by Gasteiger charge is 2.15. The summed E-state index contributed by atoms with van der Waals surface area (Å²) in [6.45, 7) is 5.99. The Kier molecular flexibility index (Phi) is 4.04.